The van der Waals surface area contributed by atoms with Crippen molar-refractivity contribution in [2.75, 3.05) is 0 Å². The molecule has 21 heavy (non-hydrogen) atoms. The Kier molecular flexibility index (Phi) is 4.83. The van der Waals surface area contributed by atoms with Gasteiger partial charge in [-0.3, -0.25) is 4.79 Å². The number of carbonyl (C=O) groups excluding carboxylic acids is 1. The van der Waals surface area contributed by atoms with Gasteiger partial charge in [-0.05, 0) is 31.2 Å². The molecule has 0 bridgehead atoms. The molecule has 0 heterocycles. The standard InChI is InChI=1S/C15H12Cl2N2O2/c1-9-3-2-4-10(5-9)15(21)19-18-8-11-6-12(16)7-13(17)14(11)20/h2-8,20H,1H3,(H,19,21)/b18-8+. The number of nitrogens with one attached hydrogen (secondary N) is 1. The monoisotopic (exact) mass is 322 g/mol. The van der Waals surface area contributed by atoms with E-state index in [4.69, 9.17) is 23.2 Å². The Morgan fingerprint density at radius 2 is 2.05 bits per heavy atom. The molecule has 0 spiro atoms. The summed E-state index contributed by atoms with van der Waals surface area (Å²) in [6.45, 7) is 1.89. The maximum absolute atomic E-state index is 11.9. The average molecular weight is 323 g/mol. The molecule has 2 aromatic carbocycles. The number of hydrogen-bond donors (Lipinski definition) is 2. The van der Waals surface area contributed by atoms with Gasteiger partial charge in [0.15, 0.2) is 0 Å². The number of hydrazone groups is 1. The summed E-state index contributed by atoms with van der Waals surface area (Å²) in [5.41, 5.74) is 4.17. The molecule has 2 N–H and O–H groups in total. The highest BCUT2D eigenvalue weighted by Gasteiger charge is 2.07. The summed E-state index contributed by atoms with van der Waals surface area (Å²) in [6, 6.07) is 10.0. The van der Waals surface area contributed by atoms with E-state index in [1.54, 1.807) is 18.2 Å². The quantitative estimate of drug-likeness (QED) is 0.667. The Balaban J connectivity index is 2.11. The molecule has 0 atom stereocenters. The van der Waals surface area contributed by atoms with Gasteiger partial charge in [-0.2, -0.15) is 5.10 Å². The van der Waals surface area contributed by atoms with Gasteiger partial charge >= 0.3 is 0 Å². The van der Waals surface area contributed by atoms with Crippen molar-refractivity contribution in [3.63, 3.8) is 0 Å². The van der Waals surface area contributed by atoms with E-state index >= 15 is 0 Å². The van der Waals surface area contributed by atoms with Gasteiger partial charge in [0.2, 0.25) is 0 Å². The van der Waals surface area contributed by atoms with Crippen molar-refractivity contribution in [3.8, 4) is 5.75 Å². The zero-order valence-electron chi connectivity index (χ0n) is 11.1. The lowest BCUT2D eigenvalue weighted by Crippen LogP contribution is -2.17. The van der Waals surface area contributed by atoms with Crippen LogP contribution in [0.1, 0.15) is 21.5 Å². The van der Waals surface area contributed by atoms with Crippen LogP contribution in [0.25, 0.3) is 0 Å². The van der Waals surface area contributed by atoms with E-state index in [-0.39, 0.29) is 16.7 Å². The van der Waals surface area contributed by atoms with E-state index in [2.05, 4.69) is 10.5 Å². The molecule has 0 saturated heterocycles. The highest BCUT2D eigenvalue weighted by Crippen LogP contribution is 2.29. The Morgan fingerprint density at radius 3 is 2.76 bits per heavy atom. The van der Waals surface area contributed by atoms with Crippen molar-refractivity contribution in [1.82, 2.24) is 5.43 Å². The second-order valence-electron chi connectivity index (χ2n) is 4.39. The van der Waals surface area contributed by atoms with Crippen LogP contribution in [0.2, 0.25) is 10.0 Å². The number of carbonyl (C=O) groups is 1. The van der Waals surface area contributed by atoms with Gasteiger partial charge in [0.05, 0.1) is 11.2 Å². The van der Waals surface area contributed by atoms with E-state index in [0.29, 0.717) is 16.1 Å². The summed E-state index contributed by atoms with van der Waals surface area (Å²) in [4.78, 5) is 11.9. The zero-order chi connectivity index (χ0) is 15.4. The fraction of sp³-hybridized carbons (Fsp3) is 0.0667. The van der Waals surface area contributed by atoms with Crippen molar-refractivity contribution in [2.45, 2.75) is 6.92 Å². The number of halogens is 2. The van der Waals surface area contributed by atoms with E-state index in [0.717, 1.165) is 5.56 Å². The smallest absolute Gasteiger partial charge is 0.271 e. The average Bonchev–Trinajstić information content (AvgIpc) is 2.43. The van der Waals surface area contributed by atoms with Crippen LogP contribution >= 0.6 is 23.2 Å². The first-order valence-electron chi connectivity index (χ1n) is 6.05. The SMILES string of the molecule is Cc1cccc(C(=O)N/N=C/c2cc(Cl)cc(Cl)c2O)c1. The van der Waals surface area contributed by atoms with Crippen molar-refractivity contribution >= 4 is 35.3 Å². The van der Waals surface area contributed by atoms with E-state index in [1.165, 1.54) is 18.3 Å². The first kappa shape index (κ1) is 15.4. The molecule has 2 rings (SSSR count). The maximum Gasteiger partial charge on any atom is 0.271 e. The number of benzene rings is 2. The summed E-state index contributed by atoms with van der Waals surface area (Å²) in [6.07, 6.45) is 1.28. The molecule has 0 aliphatic rings. The Hall–Kier alpha value is -2.04. The molecule has 4 nitrogen and oxygen atoms in total. The lowest BCUT2D eigenvalue weighted by Gasteiger charge is -2.03. The Morgan fingerprint density at radius 1 is 1.29 bits per heavy atom. The largest absolute Gasteiger partial charge is 0.506 e. The lowest BCUT2D eigenvalue weighted by molar-refractivity contribution is 0.0955. The number of phenolic OH excluding ortho intramolecular Hbond substituents is 1. The first-order chi connectivity index (χ1) is 9.97. The summed E-state index contributed by atoms with van der Waals surface area (Å²) >= 11 is 11.6. The molecule has 108 valence electrons. The predicted octanol–water partition coefficient (Wildman–Crippen LogP) is 3.77. The van der Waals surface area contributed by atoms with Gasteiger partial charge in [0.25, 0.3) is 5.91 Å². The highest BCUT2D eigenvalue weighted by molar-refractivity contribution is 6.36. The Bertz CT molecular complexity index is 715. The van der Waals surface area contributed by atoms with Crippen molar-refractivity contribution in [3.05, 3.63) is 63.1 Å². The van der Waals surface area contributed by atoms with Crippen molar-refractivity contribution < 1.29 is 9.90 Å². The molecule has 0 fully saturated rings. The number of phenols is 1. The van der Waals surface area contributed by atoms with Crippen LogP contribution in [-0.4, -0.2) is 17.2 Å². The minimum absolute atomic E-state index is 0.119. The maximum atomic E-state index is 11.9. The third-order valence-electron chi connectivity index (χ3n) is 2.71. The molecule has 2 aromatic rings. The number of aryl methyl sites for hydroxylation is 1. The topological polar surface area (TPSA) is 61.7 Å². The predicted molar refractivity (Wildman–Crippen MR) is 84.4 cm³/mol. The fourth-order valence-electron chi connectivity index (χ4n) is 1.70. The lowest BCUT2D eigenvalue weighted by atomic mass is 10.1. The van der Waals surface area contributed by atoms with Crippen LogP contribution in [0, 0.1) is 6.92 Å². The number of nitrogens with zero attached hydrogens (tertiary/aromatic N) is 1. The molecule has 0 aromatic heterocycles. The summed E-state index contributed by atoms with van der Waals surface area (Å²) in [5, 5.41) is 14.0. The van der Waals surface area contributed by atoms with E-state index in [1.807, 2.05) is 13.0 Å². The van der Waals surface area contributed by atoms with Crippen LogP contribution in [-0.2, 0) is 0 Å². The highest BCUT2D eigenvalue weighted by atomic mass is 35.5. The van der Waals surface area contributed by atoms with Gasteiger partial charge in [0, 0.05) is 16.1 Å². The van der Waals surface area contributed by atoms with Gasteiger partial charge in [-0.15, -0.1) is 0 Å². The minimum atomic E-state index is -0.345. The summed E-state index contributed by atoms with van der Waals surface area (Å²) in [5.74, 6) is -0.489. The van der Waals surface area contributed by atoms with Crippen LogP contribution < -0.4 is 5.43 Å². The van der Waals surface area contributed by atoms with Crippen LogP contribution in [0.15, 0.2) is 41.5 Å². The molecule has 0 saturated carbocycles. The number of aromatic hydroxyl groups is 1. The van der Waals surface area contributed by atoms with Crippen molar-refractivity contribution in [2.24, 2.45) is 5.10 Å². The second-order valence-corrected chi connectivity index (χ2v) is 5.24. The van der Waals surface area contributed by atoms with E-state index in [9.17, 15) is 9.90 Å². The molecule has 1 amide bonds. The van der Waals surface area contributed by atoms with Gasteiger partial charge < -0.3 is 5.11 Å². The summed E-state index contributed by atoms with van der Waals surface area (Å²) < 4.78 is 0. The molecule has 0 radical (unpaired) electrons. The van der Waals surface area contributed by atoms with Crippen LogP contribution in [0.4, 0.5) is 0 Å². The molecule has 0 aliphatic heterocycles. The third kappa shape index (κ3) is 3.97. The second kappa shape index (κ2) is 6.61. The van der Waals surface area contributed by atoms with Crippen LogP contribution in [0.5, 0.6) is 5.75 Å². The van der Waals surface area contributed by atoms with Crippen molar-refractivity contribution in [1.29, 1.82) is 0 Å². The van der Waals surface area contributed by atoms with Gasteiger partial charge in [0.1, 0.15) is 5.75 Å². The van der Waals surface area contributed by atoms with Gasteiger partial charge in [-0.25, -0.2) is 5.43 Å². The minimum Gasteiger partial charge on any atom is -0.506 e. The fourth-order valence-corrected chi connectivity index (χ4v) is 2.20. The number of rotatable bonds is 3. The molecular formula is C15H12Cl2N2O2. The zero-order valence-corrected chi connectivity index (χ0v) is 12.6. The number of amides is 1. The molecule has 0 aliphatic carbocycles. The van der Waals surface area contributed by atoms with Crippen LogP contribution in [0.3, 0.4) is 0 Å². The Labute approximate surface area is 132 Å². The summed E-state index contributed by atoms with van der Waals surface area (Å²) in [7, 11) is 0. The third-order valence-corrected chi connectivity index (χ3v) is 3.21. The van der Waals surface area contributed by atoms with E-state index < -0.39 is 0 Å². The van der Waals surface area contributed by atoms with Gasteiger partial charge in [-0.1, -0.05) is 40.9 Å². The number of hydrogen-bond acceptors (Lipinski definition) is 3. The molecule has 0 unspecified atom stereocenters. The molecule has 6 heteroatoms. The first-order valence-corrected chi connectivity index (χ1v) is 6.81. The normalized spacial score (nSPS) is 10.8. The molecular weight excluding hydrogens is 311 g/mol.